The van der Waals surface area contributed by atoms with Crippen molar-refractivity contribution in [2.75, 3.05) is 0 Å². The van der Waals surface area contributed by atoms with Crippen LogP contribution in [0, 0.1) is 5.41 Å². The summed E-state index contributed by atoms with van der Waals surface area (Å²) >= 11 is 0. The standard InChI is InChI=1S/C8H13N3O/c1-8(2)3-5(8)7-9-6(4-12)10-11-7/h5,12H,3-4H2,1-2H3,(H,9,10,11). The number of aromatic amines is 1. The van der Waals surface area contributed by atoms with Crippen molar-refractivity contribution in [1.82, 2.24) is 15.2 Å². The van der Waals surface area contributed by atoms with Crippen LogP contribution in [0.15, 0.2) is 0 Å². The maximum absolute atomic E-state index is 8.75. The topological polar surface area (TPSA) is 61.8 Å². The molecule has 4 nitrogen and oxygen atoms in total. The molecule has 0 radical (unpaired) electrons. The molecule has 0 aromatic carbocycles. The number of aliphatic hydroxyl groups is 1. The minimum atomic E-state index is -0.0554. The van der Waals surface area contributed by atoms with Crippen molar-refractivity contribution in [3.05, 3.63) is 11.6 Å². The lowest BCUT2D eigenvalue weighted by Crippen LogP contribution is -1.92. The second-order valence-corrected chi connectivity index (χ2v) is 4.04. The van der Waals surface area contributed by atoms with Gasteiger partial charge in [0.2, 0.25) is 0 Å². The Morgan fingerprint density at radius 1 is 1.67 bits per heavy atom. The summed E-state index contributed by atoms with van der Waals surface area (Å²) in [5.41, 5.74) is 0.356. The van der Waals surface area contributed by atoms with E-state index in [1.54, 1.807) is 0 Å². The maximum Gasteiger partial charge on any atom is 0.154 e. The molecular weight excluding hydrogens is 154 g/mol. The lowest BCUT2D eigenvalue weighted by atomic mass is 10.1. The van der Waals surface area contributed by atoms with E-state index in [9.17, 15) is 0 Å². The molecule has 2 rings (SSSR count). The van der Waals surface area contributed by atoms with Gasteiger partial charge in [0.15, 0.2) is 5.82 Å². The van der Waals surface area contributed by atoms with Crippen molar-refractivity contribution < 1.29 is 5.11 Å². The second-order valence-electron chi connectivity index (χ2n) is 4.04. The van der Waals surface area contributed by atoms with E-state index in [2.05, 4.69) is 29.0 Å². The van der Waals surface area contributed by atoms with Crippen LogP contribution in [0.25, 0.3) is 0 Å². The smallest absolute Gasteiger partial charge is 0.154 e. The molecule has 1 atom stereocenters. The summed E-state index contributed by atoms with van der Waals surface area (Å²) in [7, 11) is 0. The third-order valence-electron chi connectivity index (χ3n) is 2.52. The highest BCUT2D eigenvalue weighted by molar-refractivity contribution is 5.14. The quantitative estimate of drug-likeness (QED) is 0.685. The molecular formula is C8H13N3O. The number of hydrogen-bond donors (Lipinski definition) is 2. The number of rotatable bonds is 2. The van der Waals surface area contributed by atoms with Gasteiger partial charge in [-0.05, 0) is 11.8 Å². The Morgan fingerprint density at radius 3 is 2.75 bits per heavy atom. The van der Waals surface area contributed by atoms with E-state index < -0.39 is 0 Å². The van der Waals surface area contributed by atoms with Crippen molar-refractivity contribution in [3.63, 3.8) is 0 Å². The van der Waals surface area contributed by atoms with E-state index in [4.69, 9.17) is 5.11 Å². The summed E-state index contributed by atoms with van der Waals surface area (Å²) < 4.78 is 0. The highest BCUT2D eigenvalue weighted by atomic mass is 16.3. The van der Waals surface area contributed by atoms with Gasteiger partial charge in [-0.2, -0.15) is 5.10 Å². The van der Waals surface area contributed by atoms with E-state index >= 15 is 0 Å². The van der Waals surface area contributed by atoms with Gasteiger partial charge >= 0.3 is 0 Å². The largest absolute Gasteiger partial charge is 0.388 e. The van der Waals surface area contributed by atoms with Crippen molar-refractivity contribution in [3.8, 4) is 0 Å². The fourth-order valence-corrected chi connectivity index (χ4v) is 1.44. The van der Waals surface area contributed by atoms with Crippen LogP contribution in [0.4, 0.5) is 0 Å². The molecule has 0 saturated heterocycles. The summed E-state index contributed by atoms with van der Waals surface area (Å²) in [4.78, 5) is 4.17. The zero-order valence-corrected chi connectivity index (χ0v) is 7.33. The van der Waals surface area contributed by atoms with Crippen LogP contribution in [-0.4, -0.2) is 20.3 Å². The highest BCUT2D eigenvalue weighted by Gasteiger charge is 2.49. The predicted molar refractivity (Wildman–Crippen MR) is 43.4 cm³/mol. The van der Waals surface area contributed by atoms with Crippen LogP contribution < -0.4 is 0 Å². The van der Waals surface area contributed by atoms with Gasteiger partial charge in [0, 0.05) is 5.92 Å². The Kier molecular flexibility index (Phi) is 1.48. The number of hydrogen-bond acceptors (Lipinski definition) is 3. The van der Waals surface area contributed by atoms with Gasteiger partial charge in [-0.3, -0.25) is 5.10 Å². The van der Waals surface area contributed by atoms with Gasteiger partial charge in [0.05, 0.1) is 0 Å². The predicted octanol–water partition coefficient (Wildman–Crippen LogP) is 0.810. The number of aliphatic hydroxyl groups excluding tert-OH is 1. The third-order valence-corrected chi connectivity index (χ3v) is 2.52. The van der Waals surface area contributed by atoms with Crippen LogP contribution >= 0.6 is 0 Å². The first-order valence-corrected chi connectivity index (χ1v) is 4.15. The lowest BCUT2D eigenvalue weighted by molar-refractivity contribution is 0.271. The van der Waals surface area contributed by atoms with Gasteiger partial charge < -0.3 is 5.11 Å². The minimum Gasteiger partial charge on any atom is -0.388 e. The van der Waals surface area contributed by atoms with Gasteiger partial charge in [-0.15, -0.1) is 0 Å². The van der Waals surface area contributed by atoms with Crippen LogP contribution in [0.5, 0.6) is 0 Å². The monoisotopic (exact) mass is 167 g/mol. The van der Waals surface area contributed by atoms with E-state index in [0.29, 0.717) is 17.2 Å². The SMILES string of the molecule is CC1(C)CC1c1n[nH]c(CO)n1. The van der Waals surface area contributed by atoms with Crippen LogP contribution in [0.3, 0.4) is 0 Å². The first-order chi connectivity index (χ1) is 5.63. The fourth-order valence-electron chi connectivity index (χ4n) is 1.44. The molecule has 1 heterocycles. The van der Waals surface area contributed by atoms with Gasteiger partial charge in [0.25, 0.3) is 0 Å². The molecule has 1 aromatic heterocycles. The first-order valence-electron chi connectivity index (χ1n) is 4.15. The number of H-pyrrole nitrogens is 1. The first kappa shape index (κ1) is 7.73. The molecule has 0 spiro atoms. The lowest BCUT2D eigenvalue weighted by Gasteiger charge is -1.96. The van der Waals surface area contributed by atoms with Crippen LogP contribution in [0.1, 0.15) is 37.8 Å². The van der Waals surface area contributed by atoms with Crippen molar-refractivity contribution in [1.29, 1.82) is 0 Å². The molecule has 0 bridgehead atoms. The normalized spacial score (nSPS) is 25.8. The molecule has 1 aliphatic rings. The van der Waals surface area contributed by atoms with Gasteiger partial charge in [-0.1, -0.05) is 13.8 Å². The maximum atomic E-state index is 8.75. The molecule has 1 unspecified atom stereocenters. The zero-order valence-electron chi connectivity index (χ0n) is 7.33. The number of nitrogens with zero attached hydrogens (tertiary/aromatic N) is 2. The van der Waals surface area contributed by atoms with Gasteiger partial charge in [0.1, 0.15) is 12.4 Å². The summed E-state index contributed by atoms with van der Waals surface area (Å²) in [5, 5.41) is 15.5. The van der Waals surface area contributed by atoms with Gasteiger partial charge in [-0.25, -0.2) is 4.98 Å². The zero-order chi connectivity index (χ0) is 8.77. The highest BCUT2D eigenvalue weighted by Crippen LogP contribution is 2.57. The van der Waals surface area contributed by atoms with Crippen LogP contribution in [0.2, 0.25) is 0 Å². The summed E-state index contributed by atoms with van der Waals surface area (Å²) in [6, 6.07) is 0. The number of aromatic nitrogens is 3. The second kappa shape index (κ2) is 2.29. The average Bonchev–Trinajstić information content (AvgIpc) is 2.52. The molecule has 0 amide bonds. The fraction of sp³-hybridized carbons (Fsp3) is 0.750. The van der Waals surface area contributed by atoms with E-state index in [1.807, 2.05) is 0 Å². The van der Waals surface area contributed by atoms with E-state index in [1.165, 1.54) is 0 Å². The Bertz CT molecular complexity index is 292. The summed E-state index contributed by atoms with van der Waals surface area (Å²) in [6.45, 7) is 4.35. The Hall–Kier alpha value is -0.900. The third kappa shape index (κ3) is 1.12. The average molecular weight is 167 g/mol. The molecule has 4 heteroatoms. The molecule has 66 valence electrons. The van der Waals surface area contributed by atoms with Crippen molar-refractivity contribution >= 4 is 0 Å². The Labute approximate surface area is 71.0 Å². The van der Waals surface area contributed by atoms with Crippen LogP contribution in [-0.2, 0) is 6.61 Å². The van der Waals surface area contributed by atoms with Crippen molar-refractivity contribution in [2.45, 2.75) is 32.8 Å². The summed E-state index contributed by atoms with van der Waals surface area (Å²) in [5.74, 6) is 1.89. The number of nitrogens with one attached hydrogen (secondary N) is 1. The molecule has 0 aliphatic heterocycles. The van der Waals surface area contributed by atoms with E-state index in [-0.39, 0.29) is 6.61 Å². The molecule has 1 fully saturated rings. The Morgan fingerprint density at radius 2 is 2.33 bits per heavy atom. The molecule has 1 saturated carbocycles. The molecule has 2 N–H and O–H groups in total. The molecule has 1 aromatic rings. The minimum absolute atomic E-state index is 0.0554. The van der Waals surface area contributed by atoms with E-state index in [0.717, 1.165) is 12.2 Å². The molecule has 1 aliphatic carbocycles. The van der Waals surface area contributed by atoms with Crippen molar-refractivity contribution in [2.24, 2.45) is 5.41 Å². The Balaban J connectivity index is 2.15. The summed E-state index contributed by atoms with van der Waals surface area (Å²) in [6.07, 6.45) is 1.15. The molecule has 12 heavy (non-hydrogen) atoms.